The molecule has 1 N–H and O–H groups in total. The number of carbonyl (C=O) groups is 1. The second-order valence-corrected chi connectivity index (χ2v) is 0.542. The van der Waals surface area contributed by atoms with Crippen molar-refractivity contribution in [3.05, 3.63) is 12.7 Å². The largest absolute Gasteiger partial charge is 1.00 e. The van der Waals surface area contributed by atoms with Crippen LogP contribution in [0.2, 0.25) is 0 Å². The van der Waals surface area contributed by atoms with Crippen LogP contribution in [0.3, 0.4) is 0 Å². The van der Waals surface area contributed by atoms with Crippen molar-refractivity contribution in [3.8, 4) is 0 Å². The average Bonchev–Trinajstić information content (AvgIpc) is 1.38. The second-order valence-electron chi connectivity index (χ2n) is 0.542. The van der Waals surface area contributed by atoms with E-state index in [4.69, 9.17) is 5.11 Å². The molecule has 0 rings (SSSR count). The Labute approximate surface area is 97.0 Å². The van der Waals surface area contributed by atoms with Crippen LogP contribution in [0.4, 0.5) is 0 Å². The molecule has 0 radical (unpaired) electrons. The standard InChI is InChI=1S/C3H4O2.Al.K.4H/c1-2-3(4)5;;;;;;/h2H,1H2,(H,4,5);;;;;;/q;;+1;;;;-1. The Hall–Kier alpha value is 1.38. The van der Waals surface area contributed by atoms with Gasteiger partial charge in [-0.1, -0.05) is 6.58 Å². The Kier molecular flexibility index (Phi) is 23.4. The van der Waals surface area contributed by atoms with Crippen LogP contribution in [0.25, 0.3) is 0 Å². The quantitative estimate of drug-likeness (QED) is 0.301. The number of aliphatic carboxylic acids is 1. The molecule has 0 saturated carbocycles. The minimum absolute atomic E-state index is 0. The summed E-state index contributed by atoms with van der Waals surface area (Å²) in [6.07, 6.45) is 0.833. The number of carboxylic acid groups (broad SMARTS) is 1. The maximum Gasteiger partial charge on any atom is 1.00 e. The summed E-state index contributed by atoms with van der Waals surface area (Å²) in [5.74, 6) is -0.981. The Morgan fingerprint density at radius 3 is 2.00 bits per heavy atom. The molecule has 0 aliphatic carbocycles. The Balaban J connectivity index is -0.0000000267. The van der Waals surface area contributed by atoms with E-state index in [0.717, 1.165) is 6.08 Å². The smallest absolute Gasteiger partial charge is 1.00 e. The zero-order chi connectivity index (χ0) is 4.28. The second kappa shape index (κ2) is 10.4. The van der Waals surface area contributed by atoms with Gasteiger partial charge in [0.05, 0.1) is 0 Å². The van der Waals surface area contributed by atoms with Crippen LogP contribution in [0.5, 0.6) is 0 Å². The molecule has 0 heterocycles. The van der Waals surface area contributed by atoms with E-state index in [0.29, 0.717) is 0 Å². The molecule has 0 aromatic rings. The van der Waals surface area contributed by atoms with Crippen molar-refractivity contribution in [3.63, 3.8) is 0 Å². The maximum atomic E-state index is 9.25. The summed E-state index contributed by atoms with van der Waals surface area (Å²) in [6, 6.07) is 0. The molecule has 0 bridgehead atoms. The fourth-order valence-corrected chi connectivity index (χ4v) is 0. The summed E-state index contributed by atoms with van der Waals surface area (Å²) in [5, 5.41) is 7.60. The first-order chi connectivity index (χ1) is 2.27. The van der Waals surface area contributed by atoms with Gasteiger partial charge in [0, 0.05) is 6.08 Å². The summed E-state index contributed by atoms with van der Waals surface area (Å²) in [5.41, 5.74) is 0. The maximum absolute atomic E-state index is 9.25. The molecule has 0 aliphatic heterocycles. The van der Waals surface area contributed by atoms with Crippen molar-refractivity contribution in [2.75, 3.05) is 0 Å². The van der Waals surface area contributed by atoms with E-state index in [1.165, 1.54) is 0 Å². The summed E-state index contributed by atoms with van der Waals surface area (Å²) in [6.45, 7) is 2.96. The van der Waals surface area contributed by atoms with Gasteiger partial charge in [-0.25, -0.2) is 4.79 Å². The zero-order valence-electron chi connectivity index (χ0n) is 4.64. The molecule has 2 nitrogen and oxygen atoms in total. The van der Waals surface area contributed by atoms with Gasteiger partial charge in [-0.2, -0.15) is 0 Å². The Morgan fingerprint density at radius 2 is 2.00 bits per heavy atom. The van der Waals surface area contributed by atoms with Crippen molar-refractivity contribution in [1.82, 2.24) is 0 Å². The van der Waals surface area contributed by atoms with Gasteiger partial charge < -0.3 is 6.53 Å². The molecule has 0 atom stereocenters. The number of carboxylic acids is 1. The van der Waals surface area contributed by atoms with Crippen LogP contribution in [-0.2, 0) is 4.79 Å². The predicted octanol–water partition coefficient (Wildman–Crippen LogP) is -3.81. The SMILES string of the molecule is C=CC(=O)O.[AlH3].[H-].[K+]. The zero-order valence-corrected chi connectivity index (χ0v) is 6.76. The number of hydrogen-bond acceptors (Lipinski definition) is 1. The molecule has 0 fully saturated rings. The molecule has 7 heavy (non-hydrogen) atoms. The fourth-order valence-electron chi connectivity index (χ4n) is 0. The van der Waals surface area contributed by atoms with Crippen LogP contribution in [-0.4, -0.2) is 28.4 Å². The van der Waals surface area contributed by atoms with E-state index >= 15 is 0 Å². The third kappa shape index (κ3) is 18.7. The topological polar surface area (TPSA) is 37.3 Å². The van der Waals surface area contributed by atoms with Crippen LogP contribution in [0.15, 0.2) is 12.7 Å². The van der Waals surface area contributed by atoms with Gasteiger partial charge in [0.2, 0.25) is 0 Å². The van der Waals surface area contributed by atoms with E-state index in [-0.39, 0.29) is 70.2 Å². The van der Waals surface area contributed by atoms with Crippen molar-refractivity contribution in [2.45, 2.75) is 0 Å². The minimum atomic E-state index is -0.981. The van der Waals surface area contributed by atoms with Crippen LogP contribution < -0.4 is 51.4 Å². The molecule has 0 aromatic carbocycles. The molecule has 0 amide bonds. The van der Waals surface area contributed by atoms with Crippen molar-refractivity contribution in [2.24, 2.45) is 0 Å². The average molecular weight is 142 g/mol. The first-order valence-corrected chi connectivity index (χ1v) is 1.12. The molecular weight excluding hydrogens is 134 g/mol. The van der Waals surface area contributed by atoms with Crippen molar-refractivity contribution >= 4 is 23.3 Å². The molecule has 36 valence electrons. The van der Waals surface area contributed by atoms with E-state index in [1.807, 2.05) is 0 Å². The summed E-state index contributed by atoms with van der Waals surface area (Å²) in [4.78, 5) is 9.25. The third-order valence-corrected chi connectivity index (χ3v) is 0.175. The Morgan fingerprint density at radius 1 is 1.86 bits per heavy atom. The predicted molar refractivity (Wildman–Crippen MR) is 28.9 cm³/mol. The third-order valence-electron chi connectivity index (χ3n) is 0.175. The van der Waals surface area contributed by atoms with Crippen LogP contribution in [0, 0.1) is 0 Å². The molecule has 0 aromatic heterocycles. The van der Waals surface area contributed by atoms with Crippen LogP contribution >= 0.6 is 0 Å². The number of rotatable bonds is 1. The first-order valence-electron chi connectivity index (χ1n) is 1.12. The van der Waals surface area contributed by atoms with E-state index in [9.17, 15) is 4.79 Å². The van der Waals surface area contributed by atoms with Gasteiger partial charge in [-0.05, 0) is 0 Å². The molecule has 0 saturated heterocycles. The normalized spacial score (nSPS) is 4.57. The first kappa shape index (κ1) is 15.8. The van der Waals surface area contributed by atoms with E-state index in [1.54, 1.807) is 0 Å². The van der Waals surface area contributed by atoms with Gasteiger partial charge in [0.25, 0.3) is 0 Å². The summed E-state index contributed by atoms with van der Waals surface area (Å²) in [7, 11) is 0. The van der Waals surface area contributed by atoms with Crippen LogP contribution in [0.1, 0.15) is 1.43 Å². The van der Waals surface area contributed by atoms with Gasteiger partial charge in [0.1, 0.15) is 0 Å². The number of hydrogen-bond donors (Lipinski definition) is 1. The van der Waals surface area contributed by atoms with Gasteiger partial charge in [-0.3, -0.25) is 0 Å². The summed E-state index contributed by atoms with van der Waals surface area (Å²) >= 11 is 0. The summed E-state index contributed by atoms with van der Waals surface area (Å²) < 4.78 is 0. The molecular formula is C3H8AlKO2. The molecule has 0 spiro atoms. The molecule has 4 heteroatoms. The van der Waals surface area contributed by atoms with Crippen molar-refractivity contribution in [1.29, 1.82) is 0 Å². The molecule has 0 unspecified atom stereocenters. The fraction of sp³-hybridized carbons (Fsp3) is 0. The minimum Gasteiger partial charge on any atom is -1.00 e. The van der Waals surface area contributed by atoms with Crippen molar-refractivity contribution < 1.29 is 62.7 Å². The van der Waals surface area contributed by atoms with E-state index in [2.05, 4.69) is 6.58 Å². The van der Waals surface area contributed by atoms with Gasteiger partial charge >= 0.3 is 57.4 Å². The van der Waals surface area contributed by atoms with E-state index < -0.39 is 5.97 Å². The Bertz CT molecular complexity index is 68.3. The molecule has 0 aliphatic rings. The van der Waals surface area contributed by atoms with Gasteiger partial charge in [0.15, 0.2) is 17.4 Å². The monoisotopic (exact) mass is 142 g/mol. The van der Waals surface area contributed by atoms with Gasteiger partial charge in [-0.15, -0.1) is 0 Å².